The summed E-state index contributed by atoms with van der Waals surface area (Å²) in [6, 6.07) is 13.3. The molecule has 0 unspecified atom stereocenters. The van der Waals surface area contributed by atoms with E-state index in [1.807, 2.05) is 26.0 Å². The summed E-state index contributed by atoms with van der Waals surface area (Å²) in [4.78, 5) is 24.0. The first-order valence-electron chi connectivity index (χ1n) is 8.10. The highest BCUT2D eigenvalue weighted by atomic mass is 32.2. The average molecular weight is 375 g/mol. The van der Waals surface area contributed by atoms with E-state index in [-0.39, 0.29) is 30.3 Å². The van der Waals surface area contributed by atoms with Crippen molar-refractivity contribution < 1.29 is 22.7 Å². The molecular weight excluding hydrogens is 354 g/mol. The van der Waals surface area contributed by atoms with E-state index in [9.17, 15) is 18.0 Å². The van der Waals surface area contributed by atoms with Crippen molar-refractivity contribution in [2.75, 3.05) is 13.2 Å². The average Bonchev–Trinajstić information content (AvgIpc) is 2.62. The van der Waals surface area contributed by atoms with E-state index in [0.29, 0.717) is 5.56 Å². The minimum atomic E-state index is -3.67. The molecule has 2 aromatic carbocycles. The lowest BCUT2D eigenvalue weighted by atomic mass is 10.0. The van der Waals surface area contributed by atoms with Crippen LogP contribution in [0.5, 0.6) is 0 Å². The van der Waals surface area contributed by atoms with Crippen LogP contribution >= 0.6 is 0 Å². The van der Waals surface area contributed by atoms with Gasteiger partial charge >= 0.3 is 5.97 Å². The van der Waals surface area contributed by atoms with Gasteiger partial charge in [-0.15, -0.1) is 0 Å². The van der Waals surface area contributed by atoms with E-state index in [4.69, 9.17) is 4.74 Å². The molecule has 7 heteroatoms. The van der Waals surface area contributed by atoms with Crippen molar-refractivity contribution in [3.05, 3.63) is 65.2 Å². The summed E-state index contributed by atoms with van der Waals surface area (Å²) < 4.78 is 31.3. The van der Waals surface area contributed by atoms with Gasteiger partial charge in [-0.25, -0.2) is 13.1 Å². The third-order valence-corrected chi connectivity index (χ3v) is 5.21. The molecule has 1 N–H and O–H groups in total. The molecular formula is C19H21NO5S. The topological polar surface area (TPSA) is 89.5 Å². The summed E-state index contributed by atoms with van der Waals surface area (Å²) in [6.45, 7) is 3.22. The van der Waals surface area contributed by atoms with Crippen LogP contribution in [0, 0.1) is 13.8 Å². The van der Waals surface area contributed by atoms with Crippen molar-refractivity contribution in [1.82, 2.24) is 4.72 Å². The first-order valence-corrected chi connectivity index (χ1v) is 9.59. The van der Waals surface area contributed by atoms with Crippen LogP contribution in [0.25, 0.3) is 0 Å². The highest BCUT2D eigenvalue weighted by molar-refractivity contribution is 7.89. The van der Waals surface area contributed by atoms with E-state index in [2.05, 4.69) is 4.72 Å². The molecule has 0 aliphatic heterocycles. The summed E-state index contributed by atoms with van der Waals surface area (Å²) >= 11 is 0. The van der Waals surface area contributed by atoms with E-state index in [1.165, 1.54) is 12.1 Å². The fourth-order valence-corrected chi connectivity index (χ4v) is 3.36. The van der Waals surface area contributed by atoms with Crippen molar-refractivity contribution in [3.8, 4) is 0 Å². The van der Waals surface area contributed by atoms with Crippen molar-refractivity contribution in [1.29, 1.82) is 0 Å². The second kappa shape index (κ2) is 8.73. The molecule has 2 rings (SSSR count). The lowest BCUT2D eigenvalue weighted by Crippen LogP contribution is -2.27. The molecule has 0 saturated heterocycles. The Bertz CT molecular complexity index is 891. The number of Topliss-reactive ketones (excluding diaryl/α,β-unsaturated/α-hetero) is 1. The molecule has 0 spiro atoms. The van der Waals surface area contributed by atoms with Gasteiger partial charge in [0.25, 0.3) is 0 Å². The zero-order valence-electron chi connectivity index (χ0n) is 14.7. The molecule has 0 atom stereocenters. The molecule has 0 heterocycles. The minimum Gasteiger partial charge on any atom is -0.457 e. The van der Waals surface area contributed by atoms with Crippen LogP contribution in [0.4, 0.5) is 0 Å². The second-order valence-electron chi connectivity index (χ2n) is 5.86. The van der Waals surface area contributed by atoms with Gasteiger partial charge in [-0.2, -0.15) is 0 Å². The maximum Gasteiger partial charge on any atom is 0.307 e. The van der Waals surface area contributed by atoms with Gasteiger partial charge in [0, 0.05) is 12.1 Å². The van der Waals surface area contributed by atoms with Gasteiger partial charge in [0.15, 0.2) is 6.61 Å². The molecule has 0 bridgehead atoms. The quantitative estimate of drug-likeness (QED) is 0.565. The number of rotatable bonds is 8. The number of ketones is 1. The molecule has 0 aliphatic carbocycles. The summed E-state index contributed by atoms with van der Waals surface area (Å²) in [7, 11) is -3.67. The Morgan fingerprint density at radius 2 is 1.73 bits per heavy atom. The first-order chi connectivity index (χ1) is 12.3. The number of sulfonamides is 1. The van der Waals surface area contributed by atoms with Crippen molar-refractivity contribution in [2.45, 2.75) is 25.2 Å². The molecule has 2 aromatic rings. The number of hydrogen-bond donors (Lipinski definition) is 1. The minimum absolute atomic E-state index is 0.103. The molecule has 0 aromatic heterocycles. The SMILES string of the molecule is Cc1ccc(C)c(C(=O)COC(=O)CCNS(=O)(=O)c2ccccc2)c1. The smallest absolute Gasteiger partial charge is 0.307 e. The van der Waals surface area contributed by atoms with Gasteiger partial charge in [0.1, 0.15) is 0 Å². The highest BCUT2D eigenvalue weighted by Crippen LogP contribution is 2.12. The van der Waals surface area contributed by atoms with E-state index >= 15 is 0 Å². The van der Waals surface area contributed by atoms with Gasteiger partial charge in [-0.3, -0.25) is 9.59 Å². The van der Waals surface area contributed by atoms with Crippen LogP contribution in [0.1, 0.15) is 27.9 Å². The summed E-state index contributed by atoms with van der Waals surface area (Å²) in [5.74, 6) is -0.927. The third-order valence-electron chi connectivity index (χ3n) is 3.73. The number of carbonyl (C=O) groups is 2. The Morgan fingerprint density at radius 1 is 1.04 bits per heavy atom. The van der Waals surface area contributed by atoms with E-state index in [1.54, 1.807) is 24.3 Å². The molecule has 0 radical (unpaired) electrons. The van der Waals surface area contributed by atoms with Crippen LogP contribution in [0.15, 0.2) is 53.4 Å². The highest BCUT2D eigenvalue weighted by Gasteiger charge is 2.15. The van der Waals surface area contributed by atoms with Crippen LogP contribution in [0.2, 0.25) is 0 Å². The molecule has 6 nitrogen and oxygen atoms in total. The fourth-order valence-electron chi connectivity index (χ4n) is 2.30. The number of hydrogen-bond acceptors (Lipinski definition) is 5. The maximum absolute atomic E-state index is 12.2. The predicted molar refractivity (Wildman–Crippen MR) is 97.5 cm³/mol. The Morgan fingerprint density at radius 3 is 2.42 bits per heavy atom. The zero-order chi connectivity index (χ0) is 19.2. The molecule has 0 saturated carbocycles. The molecule has 0 aliphatic rings. The Labute approximate surface area is 153 Å². The van der Waals surface area contributed by atoms with Crippen molar-refractivity contribution in [3.63, 3.8) is 0 Å². The number of nitrogens with one attached hydrogen (secondary N) is 1. The Balaban J connectivity index is 1.80. The number of ether oxygens (including phenoxy) is 1. The number of carbonyl (C=O) groups excluding carboxylic acids is 2. The van der Waals surface area contributed by atoms with Gasteiger partial charge in [0.05, 0.1) is 11.3 Å². The van der Waals surface area contributed by atoms with Gasteiger partial charge in [0.2, 0.25) is 15.8 Å². The Hall–Kier alpha value is -2.51. The Kier molecular flexibility index (Phi) is 6.65. The van der Waals surface area contributed by atoms with Gasteiger partial charge in [-0.1, -0.05) is 35.9 Å². The summed E-state index contributed by atoms with van der Waals surface area (Å²) in [6.07, 6.45) is -0.161. The zero-order valence-corrected chi connectivity index (χ0v) is 15.5. The van der Waals surface area contributed by atoms with Crippen molar-refractivity contribution in [2.24, 2.45) is 0 Å². The number of benzene rings is 2. The van der Waals surface area contributed by atoms with E-state index in [0.717, 1.165) is 11.1 Å². The van der Waals surface area contributed by atoms with Crippen LogP contribution < -0.4 is 4.72 Å². The van der Waals surface area contributed by atoms with Crippen molar-refractivity contribution >= 4 is 21.8 Å². The lowest BCUT2D eigenvalue weighted by molar-refractivity contribution is -0.142. The van der Waals surface area contributed by atoms with Crippen LogP contribution in [0.3, 0.4) is 0 Å². The normalized spacial score (nSPS) is 11.2. The maximum atomic E-state index is 12.2. The molecule has 26 heavy (non-hydrogen) atoms. The van der Waals surface area contributed by atoms with Crippen LogP contribution in [-0.4, -0.2) is 33.3 Å². The predicted octanol–water partition coefficient (Wildman–Crippen LogP) is 2.40. The van der Waals surface area contributed by atoms with Gasteiger partial charge in [-0.05, 0) is 37.6 Å². The summed E-state index contributed by atoms with van der Waals surface area (Å²) in [5, 5.41) is 0. The van der Waals surface area contributed by atoms with E-state index < -0.39 is 16.0 Å². The standard InChI is InChI=1S/C19H21NO5S/c1-14-8-9-15(2)17(12-14)18(21)13-25-19(22)10-11-20-26(23,24)16-6-4-3-5-7-16/h3-9,12,20H,10-11,13H2,1-2H3. The monoisotopic (exact) mass is 375 g/mol. The largest absolute Gasteiger partial charge is 0.457 e. The third kappa shape index (κ3) is 5.50. The number of aryl methyl sites for hydroxylation is 2. The lowest BCUT2D eigenvalue weighted by Gasteiger charge is -2.08. The second-order valence-corrected chi connectivity index (χ2v) is 7.63. The van der Waals surface area contributed by atoms with Crippen LogP contribution in [-0.2, 0) is 19.6 Å². The molecule has 138 valence electrons. The van der Waals surface area contributed by atoms with Gasteiger partial charge < -0.3 is 4.74 Å². The molecule has 0 amide bonds. The first kappa shape index (κ1) is 19.8. The summed E-state index contributed by atoms with van der Waals surface area (Å²) in [5.41, 5.74) is 2.27. The number of esters is 1. The molecule has 0 fully saturated rings. The fraction of sp³-hybridized carbons (Fsp3) is 0.263.